The molecule has 14 heavy (non-hydrogen) atoms. The quantitative estimate of drug-likeness (QED) is 0.810. The van der Waals surface area contributed by atoms with Gasteiger partial charge in [0.2, 0.25) is 0 Å². The second kappa shape index (κ2) is 3.34. The van der Waals surface area contributed by atoms with Gasteiger partial charge in [-0.15, -0.1) is 0 Å². The van der Waals surface area contributed by atoms with E-state index in [0.717, 1.165) is 10.2 Å². The Kier molecular flexibility index (Phi) is 2.17. The molecular formula is C9H8BrN3O. The van der Waals surface area contributed by atoms with Gasteiger partial charge in [0.1, 0.15) is 5.82 Å². The highest BCUT2D eigenvalue weighted by molar-refractivity contribution is 9.10. The molecule has 2 aromatic rings. The van der Waals surface area contributed by atoms with Crippen molar-refractivity contribution in [2.24, 2.45) is 0 Å². The molecule has 0 radical (unpaired) electrons. The average molecular weight is 254 g/mol. The van der Waals surface area contributed by atoms with Crippen LogP contribution in [0.1, 0.15) is 0 Å². The van der Waals surface area contributed by atoms with Crippen LogP contribution in [0.25, 0.3) is 5.69 Å². The molecule has 0 unspecified atom stereocenters. The third-order valence-corrected chi connectivity index (χ3v) is 2.37. The summed E-state index contributed by atoms with van der Waals surface area (Å²) in [6.45, 7) is 0. The van der Waals surface area contributed by atoms with Crippen molar-refractivity contribution in [1.82, 2.24) is 9.78 Å². The monoisotopic (exact) mass is 253 g/mol. The minimum atomic E-state index is -0.203. The van der Waals surface area contributed by atoms with E-state index < -0.39 is 0 Å². The lowest BCUT2D eigenvalue weighted by atomic mass is 10.3. The Labute approximate surface area is 88.5 Å². The van der Waals surface area contributed by atoms with E-state index in [0.29, 0.717) is 5.82 Å². The molecule has 0 atom stereocenters. The Balaban J connectivity index is 2.54. The summed E-state index contributed by atoms with van der Waals surface area (Å²) in [6, 6.07) is 8.83. The number of nitrogens with zero attached hydrogens (tertiary/aromatic N) is 1. The lowest BCUT2D eigenvalue weighted by Gasteiger charge is -2.04. The van der Waals surface area contributed by atoms with Crippen LogP contribution < -0.4 is 11.3 Å². The molecule has 72 valence electrons. The van der Waals surface area contributed by atoms with E-state index in [1.54, 1.807) is 0 Å². The number of anilines is 1. The average Bonchev–Trinajstić information content (AvgIpc) is 2.47. The van der Waals surface area contributed by atoms with Crippen LogP contribution in [-0.2, 0) is 0 Å². The lowest BCUT2D eigenvalue weighted by molar-refractivity contribution is 0.873. The summed E-state index contributed by atoms with van der Waals surface area (Å²) in [5.74, 6) is 0.400. The zero-order valence-electron chi connectivity index (χ0n) is 7.20. The maximum atomic E-state index is 11.0. The van der Waals surface area contributed by atoms with Crippen molar-refractivity contribution in [3.63, 3.8) is 0 Å². The highest BCUT2D eigenvalue weighted by Crippen LogP contribution is 2.14. The molecule has 0 amide bonds. The molecule has 2 rings (SSSR count). The molecule has 1 heterocycles. The summed E-state index contributed by atoms with van der Waals surface area (Å²) < 4.78 is 2.52. The van der Waals surface area contributed by atoms with Crippen LogP contribution in [0.3, 0.4) is 0 Å². The molecule has 0 aliphatic carbocycles. The summed E-state index contributed by atoms with van der Waals surface area (Å²) in [7, 11) is 0. The fraction of sp³-hybridized carbons (Fsp3) is 0. The summed E-state index contributed by atoms with van der Waals surface area (Å²) in [5.41, 5.74) is 6.25. The number of nitrogen functional groups attached to an aromatic ring is 1. The van der Waals surface area contributed by atoms with Crippen LogP contribution in [0.5, 0.6) is 0 Å². The van der Waals surface area contributed by atoms with Gasteiger partial charge in [-0.3, -0.25) is 9.89 Å². The minimum Gasteiger partial charge on any atom is -0.384 e. The lowest BCUT2D eigenvalue weighted by Crippen LogP contribution is -2.04. The molecule has 0 saturated carbocycles. The molecule has 0 fully saturated rings. The zero-order valence-corrected chi connectivity index (χ0v) is 8.78. The SMILES string of the molecule is Nc1cc(=O)[nH]n1-c1ccc(Br)cc1. The van der Waals surface area contributed by atoms with Crippen molar-refractivity contribution in [3.8, 4) is 5.69 Å². The number of nitrogens with two attached hydrogens (primary N) is 1. The molecule has 0 bridgehead atoms. The van der Waals surface area contributed by atoms with Gasteiger partial charge in [-0.2, -0.15) is 0 Å². The van der Waals surface area contributed by atoms with Gasteiger partial charge in [0.15, 0.2) is 0 Å². The van der Waals surface area contributed by atoms with Gasteiger partial charge in [-0.25, -0.2) is 4.68 Å². The number of aromatic amines is 1. The van der Waals surface area contributed by atoms with E-state index in [2.05, 4.69) is 21.0 Å². The summed E-state index contributed by atoms with van der Waals surface area (Å²) in [4.78, 5) is 11.0. The summed E-state index contributed by atoms with van der Waals surface area (Å²) in [5, 5.41) is 2.60. The van der Waals surface area contributed by atoms with Gasteiger partial charge in [0.25, 0.3) is 5.56 Å². The van der Waals surface area contributed by atoms with Crippen LogP contribution in [0.15, 0.2) is 39.6 Å². The first-order valence-corrected chi connectivity index (χ1v) is 4.79. The first-order chi connectivity index (χ1) is 6.66. The molecule has 5 heteroatoms. The second-order valence-corrected chi connectivity index (χ2v) is 3.77. The van der Waals surface area contributed by atoms with Crippen LogP contribution in [0, 0.1) is 0 Å². The first-order valence-electron chi connectivity index (χ1n) is 4.00. The normalized spacial score (nSPS) is 10.4. The van der Waals surface area contributed by atoms with Crippen LogP contribution >= 0.6 is 15.9 Å². The number of H-pyrrole nitrogens is 1. The summed E-state index contributed by atoms with van der Waals surface area (Å²) in [6.07, 6.45) is 0. The van der Waals surface area contributed by atoms with Gasteiger partial charge < -0.3 is 5.73 Å². The number of nitrogens with one attached hydrogen (secondary N) is 1. The fourth-order valence-corrected chi connectivity index (χ4v) is 1.47. The number of rotatable bonds is 1. The predicted octanol–water partition coefficient (Wildman–Crippen LogP) is 1.51. The van der Waals surface area contributed by atoms with Crippen LogP contribution in [-0.4, -0.2) is 9.78 Å². The molecule has 1 aromatic heterocycles. The third kappa shape index (κ3) is 1.58. The van der Waals surface area contributed by atoms with Crippen molar-refractivity contribution >= 4 is 21.7 Å². The number of aromatic nitrogens is 2. The second-order valence-electron chi connectivity index (χ2n) is 2.86. The Morgan fingerprint density at radius 1 is 1.29 bits per heavy atom. The van der Waals surface area contributed by atoms with Crippen LogP contribution in [0.2, 0.25) is 0 Å². The van der Waals surface area contributed by atoms with Gasteiger partial charge >= 0.3 is 0 Å². The van der Waals surface area contributed by atoms with E-state index in [9.17, 15) is 4.79 Å². The fourth-order valence-electron chi connectivity index (χ4n) is 1.21. The Hall–Kier alpha value is -1.49. The van der Waals surface area contributed by atoms with Crippen molar-refractivity contribution in [2.75, 3.05) is 5.73 Å². The van der Waals surface area contributed by atoms with Crippen molar-refractivity contribution < 1.29 is 0 Å². The maximum Gasteiger partial charge on any atom is 0.266 e. The first kappa shape index (κ1) is 9.08. The molecule has 4 nitrogen and oxygen atoms in total. The Bertz CT molecular complexity index is 498. The largest absolute Gasteiger partial charge is 0.384 e. The van der Waals surface area contributed by atoms with Gasteiger partial charge in [-0.05, 0) is 24.3 Å². The minimum absolute atomic E-state index is 0.203. The number of benzene rings is 1. The highest BCUT2D eigenvalue weighted by Gasteiger charge is 2.01. The van der Waals surface area contributed by atoms with Crippen LogP contribution in [0.4, 0.5) is 5.82 Å². The number of hydrogen-bond donors (Lipinski definition) is 2. The molecular weight excluding hydrogens is 246 g/mol. The zero-order chi connectivity index (χ0) is 10.1. The molecule has 3 N–H and O–H groups in total. The maximum absolute atomic E-state index is 11.0. The van der Waals surface area contributed by atoms with Crippen molar-refractivity contribution in [3.05, 3.63) is 45.2 Å². The van der Waals surface area contributed by atoms with E-state index in [1.807, 2.05) is 24.3 Å². The van der Waals surface area contributed by atoms with E-state index in [4.69, 9.17) is 5.73 Å². The Morgan fingerprint density at radius 2 is 1.93 bits per heavy atom. The number of halogens is 1. The van der Waals surface area contributed by atoms with Gasteiger partial charge in [0, 0.05) is 10.5 Å². The highest BCUT2D eigenvalue weighted by atomic mass is 79.9. The Morgan fingerprint density at radius 3 is 2.43 bits per heavy atom. The smallest absolute Gasteiger partial charge is 0.266 e. The molecule has 0 aliphatic heterocycles. The molecule has 0 saturated heterocycles. The van der Waals surface area contributed by atoms with E-state index in [1.165, 1.54) is 10.7 Å². The predicted molar refractivity (Wildman–Crippen MR) is 58.5 cm³/mol. The molecule has 1 aromatic carbocycles. The van der Waals surface area contributed by atoms with Gasteiger partial charge in [0.05, 0.1) is 5.69 Å². The number of hydrogen-bond acceptors (Lipinski definition) is 2. The standard InChI is InChI=1S/C9H8BrN3O/c10-6-1-3-7(4-2-6)13-8(11)5-9(14)12-13/h1-5H,11H2,(H,12,14). The van der Waals surface area contributed by atoms with Crippen molar-refractivity contribution in [2.45, 2.75) is 0 Å². The van der Waals surface area contributed by atoms with Gasteiger partial charge in [-0.1, -0.05) is 15.9 Å². The molecule has 0 spiro atoms. The molecule has 0 aliphatic rings. The van der Waals surface area contributed by atoms with E-state index >= 15 is 0 Å². The van der Waals surface area contributed by atoms with Crippen molar-refractivity contribution in [1.29, 1.82) is 0 Å². The summed E-state index contributed by atoms with van der Waals surface area (Å²) >= 11 is 3.33. The van der Waals surface area contributed by atoms with E-state index in [-0.39, 0.29) is 5.56 Å². The topological polar surface area (TPSA) is 63.8 Å². The third-order valence-electron chi connectivity index (χ3n) is 1.84.